The molecule has 1 saturated heterocycles. The van der Waals surface area contributed by atoms with Gasteiger partial charge in [-0.05, 0) is 37.0 Å². The third-order valence-electron chi connectivity index (χ3n) is 5.08. The van der Waals surface area contributed by atoms with Crippen molar-refractivity contribution in [2.24, 2.45) is 0 Å². The molecule has 6 nitrogen and oxygen atoms in total. The van der Waals surface area contributed by atoms with Gasteiger partial charge in [-0.3, -0.25) is 4.79 Å². The van der Waals surface area contributed by atoms with E-state index >= 15 is 0 Å². The largest absolute Gasteiger partial charge is 0.351 e. The van der Waals surface area contributed by atoms with Crippen LogP contribution < -0.4 is 10.2 Å². The number of rotatable bonds is 5. The van der Waals surface area contributed by atoms with E-state index in [0.717, 1.165) is 10.5 Å². The fourth-order valence-electron chi connectivity index (χ4n) is 3.24. The van der Waals surface area contributed by atoms with Crippen LogP contribution in [0.3, 0.4) is 0 Å². The van der Waals surface area contributed by atoms with Crippen molar-refractivity contribution in [2.45, 2.75) is 51.0 Å². The van der Waals surface area contributed by atoms with Gasteiger partial charge in [-0.15, -0.1) is 0 Å². The molecule has 146 valence electrons. The second-order valence-electron chi connectivity index (χ2n) is 7.95. The first-order valence-electron chi connectivity index (χ1n) is 9.30. The van der Waals surface area contributed by atoms with Crippen LogP contribution in [0, 0.1) is 0 Å². The Morgan fingerprint density at radius 1 is 1.19 bits per heavy atom. The summed E-state index contributed by atoms with van der Waals surface area (Å²) in [6, 6.07) is 7.03. The van der Waals surface area contributed by atoms with Crippen molar-refractivity contribution in [3.8, 4) is 0 Å². The quantitative estimate of drug-likeness (QED) is 0.774. The van der Waals surface area contributed by atoms with E-state index in [0.29, 0.717) is 37.6 Å². The van der Waals surface area contributed by atoms with Gasteiger partial charge in [0.1, 0.15) is 0 Å². The molecule has 0 spiro atoms. The number of hydrogen-bond acceptors (Lipinski definition) is 3. The number of hydrogen-bond donors (Lipinski definition) is 2. The van der Waals surface area contributed by atoms with Gasteiger partial charge >= 0.3 is 0 Å². The molecule has 0 bridgehead atoms. The number of sulfonamides is 1. The maximum atomic E-state index is 12.9. The van der Waals surface area contributed by atoms with Crippen LogP contribution in [0.1, 0.15) is 40.2 Å². The lowest BCUT2D eigenvalue weighted by Crippen LogP contribution is -3.19. The monoisotopic (exact) mass is 382 g/mol. The fourth-order valence-corrected chi connectivity index (χ4v) is 4.68. The molecular weight excluding hydrogens is 350 g/mol. The van der Waals surface area contributed by atoms with E-state index in [1.165, 1.54) is 4.31 Å². The number of carbonyl (C=O) groups excluding carboxylic acids is 1. The van der Waals surface area contributed by atoms with Crippen LogP contribution >= 0.6 is 0 Å². The summed E-state index contributed by atoms with van der Waals surface area (Å²) >= 11 is 0. The van der Waals surface area contributed by atoms with Gasteiger partial charge in [0.25, 0.3) is 5.91 Å². The molecule has 1 aliphatic heterocycles. The maximum Gasteiger partial charge on any atom is 0.278 e. The molecule has 1 aromatic carbocycles. The Labute approximate surface area is 157 Å². The summed E-state index contributed by atoms with van der Waals surface area (Å²) in [6.07, 6.45) is 0. The summed E-state index contributed by atoms with van der Waals surface area (Å²) in [7, 11) is -3.48. The van der Waals surface area contributed by atoms with Gasteiger partial charge in [0.15, 0.2) is 6.04 Å². The summed E-state index contributed by atoms with van der Waals surface area (Å²) in [5.74, 6) is 0.0246. The van der Waals surface area contributed by atoms with Gasteiger partial charge in [-0.2, -0.15) is 4.31 Å². The Bertz CT molecular complexity index is 715. The summed E-state index contributed by atoms with van der Waals surface area (Å²) in [5, 5.41) is 2.84. The zero-order valence-corrected chi connectivity index (χ0v) is 17.3. The SMILES string of the molecule is CCNC(=O)[C@H](C)[NH+]1CCN(S(=O)(=O)c2ccc(C(C)(C)C)cc2)CC1. The molecule has 7 heteroatoms. The minimum atomic E-state index is -3.48. The lowest BCUT2D eigenvalue weighted by Gasteiger charge is -2.34. The number of carbonyl (C=O) groups is 1. The van der Waals surface area contributed by atoms with Gasteiger partial charge in [0.05, 0.1) is 31.1 Å². The van der Waals surface area contributed by atoms with Gasteiger partial charge in [0, 0.05) is 6.54 Å². The smallest absolute Gasteiger partial charge is 0.278 e. The Balaban J connectivity index is 2.05. The van der Waals surface area contributed by atoms with Crippen molar-refractivity contribution in [3.05, 3.63) is 29.8 Å². The minimum Gasteiger partial charge on any atom is -0.351 e. The normalized spacial score (nSPS) is 18.5. The standard InChI is InChI=1S/C19H31N3O3S/c1-6-20-18(23)15(2)21-11-13-22(14-12-21)26(24,25)17-9-7-16(8-10-17)19(3,4)5/h7-10,15H,6,11-14H2,1-5H3,(H,20,23)/p+1/t15-/m0/s1. The predicted molar refractivity (Wildman–Crippen MR) is 103 cm³/mol. The number of likely N-dealkylation sites (N-methyl/N-ethyl adjacent to an activating group) is 1. The van der Waals surface area contributed by atoms with Gasteiger partial charge in [-0.25, -0.2) is 8.42 Å². The van der Waals surface area contributed by atoms with Crippen LogP contribution in [0.4, 0.5) is 0 Å². The molecule has 1 aliphatic rings. The first-order valence-corrected chi connectivity index (χ1v) is 10.7. The van der Waals surface area contributed by atoms with Crippen molar-refractivity contribution in [3.63, 3.8) is 0 Å². The minimum absolute atomic E-state index is 0.00746. The van der Waals surface area contributed by atoms with Crippen molar-refractivity contribution in [1.82, 2.24) is 9.62 Å². The molecule has 1 fully saturated rings. The van der Waals surface area contributed by atoms with Gasteiger partial charge in [0.2, 0.25) is 10.0 Å². The van der Waals surface area contributed by atoms with Crippen molar-refractivity contribution < 1.29 is 18.1 Å². The van der Waals surface area contributed by atoms with Crippen LogP contribution in [0.25, 0.3) is 0 Å². The zero-order valence-electron chi connectivity index (χ0n) is 16.5. The Hall–Kier alpha value is -1.44. The number of piperazine rings is 1. The third-order valence-corrected chi connectivity index (χ3v) is 6.99. The van der Waals surface area contributed by atoms with Crippen LogP contribution in [0.15, 0.2) is 29.2 Å². The van der Waals surface area contributed by atoms with E-state index in [-0.39, 0.29) is 17.4 Å². The van der Waals surface area contributed by atoms with Gasteiger partial charge < -0.3 is 10.2 Å². The topological polar surface area (TPSA) is 70.9 Å². The Kier molecular flexibility index (Phi) is 6.47. The zero-order chi connectivity index (χ0) is 19.5. The van der Waals surface area contributed by atoms with Crippen LogP contribution in [0.2, 0.25) is 0 Å². The molecule has 2 rings (SSSR count). The number of quaternary nitrogens is 1. The summed E-state index contributed by atoms with van der Waals surface area (Å²) in [6.45, 7) is 12.9. The Morgan fingerprint density at radius 3 is 2.19 bits per heavy atom. The lowest BCUT2D eigenvalue weighted by atomic mass is 9.87. The predicted octanol–water partition coefficient (Wildman–Crippen LogP) is 0.398. The Morgan fingerprint density at radius 2 is 1.73 bits per heavy atom. The van der Waals surface area contributed by atoms with Crippen molar-refractivity contribution >= 4 is 15.9 Å². The summed E-state index contributed by atoms with van der Waals surface area (Å²) in [4.78, 5) is 13.5. The molecule has 26 heavy (non-hydrogen) atoms. The van der Waals surface area contributed by atoms with E-state index in [2.05, 4.69) is 26.1 Å². The number of benzene rings is 1. The highest BCUT2D eigenvalue weighted by Crippen LogP contribution is 2.24. The first-order chi connectivity index (χ1) is 12.1. The molecule has 1 atom stereocenters. The second kappa shape index (κ2) is 8.06. The molecule has 0 aromatic heterocycles. The van der Waals surface area contributed by atoms with Crippen molar-refractivity contribution in [1.29, 1.82) is 0 Å². The summed E-state index contributed by atoms with van der Waals surface area (Å²) in [5.41, 5.74) is 1.11. The maximum absolute atomic E-state index is 12.9. The van der Waals surface area contributed by atoms with E-state index in [1.54, 1.807) is 12.1 Å². The average molecular weight is 383 g/mol. The molecule has 0 radical (unpaired) electrons. The van der Waals surface area contributed by atoms with E-state index in [4.69, 9.17) is 0 Å². The first kappa shape index (κ1) is 20.9. The molecular formula is C19H32N3O3S+. The molecule has 1 amide bonds. The van der Waals surface area contributed by atoms with Crippen LogP contribution in [-0.4, -0.2) is 57.4 Å². The highest BCUT2D eigenvalue weighted by molar-refractivity contribution is 7.89. The molecule has 0 saturated carbocycles. The molecule has 0 unspecified atom stereocenters. The third kappa shape index (κ3) is 4.64. The van der Waals surface area contributed by atoms with E-state index in [1.807, 2.05) is 26.0 Å². The molecule has 0 aliphatic carbocycles. The van der Waals surface area contributed by atoms with Crippen LogP contribution in [0.5, 0.6) is 0 Å². The van der Waals surface area contributed by atoms with E-state index in [9.17, 15) is 13.2 Å². The van der Waals surface area contributed by atoms with Gasteiger partial charge in [-0.1, -0.05) is 32.9 Å². The number of nitrogens with zero attached hydrogens (tertiary/aromatic N) is 1. The number of amides is 1. The molecule has 2 N–H and O–H groups in total. The number of nitrogens with one attached hydrogen (secondary N) is 2. The fraction of sp³-hybridized carbons (Fsp3) is 0.632. The van der Waals surface area contributed by atoms with Crippen molar-refractivity contribution in [2.75, 3.05) is 32.7 Å². The second-order valence-corrected chi connectivity index (χ2v) is 9.89. The molecule has 1 aromatic rings. The highest BCUT2D eigenvalue weighted by atomic mass is 32.2. The lowest BCUT2D eigenvalue weighted by molar-refractivity contribution is -0.917. The highest BCUT2D eigenvalue weighted by Gasteiger charge is 2.34. The average Bonchev–Trinajstić information content (AvgIpc) is 2.60. The summed E-state index contributed by atoms with van der Waals surface area (Å²) < 4.78 is 27.3. The van der Waals surface area contributed by atoms with Crippen LogP contribution in [-0.2, 0) is 20.2 Å². The molecule has 1 heterocycles. The van der Waals surface area contributed by atoms with E-state index < -0.39 is 10.0 Å².